The van der Waals surface area contributed by atoms with Crippen LogP contribution in [0.15, 0.2) is 24.3 Å². The number of likely N-dealkylation sites (N-methyl/N-ethyl adjacent to an activating group) is 1. The maximum Gasteiger partial charge on any atom is 0.255 e. The van der Waals surface area contributed by atoms with Crippen LogP contribution in [0.5, 0.6) is 5.75 Å². The summed E-state index contributed by atoms with van der Waals surface area (Å²) in [5.41, 5.74) is 2.81. The molecule has 0 unspecified atom stereocenters. The number of carbonyl (C=O) groups excluding carboxylic acids is 1. The maximum atomic E-state index is 12.7. The molecule has 1 fully saturated rings. The minimum Gasteiger partial charge on any atom is -0.494 e. The van der Waals surface area contributed by atoms with Crippen LogP contribution < -0.4 is 15.0 Å². The highest BCUT2D eigenvalue weighted by Gasteiger charge is 2.19. The van der Waals surface area contributed by atoms with Gasteiger partial charge in [0.2, 0.25) is 5.95 Å². The smallest absolute Gasteiger partial charge is 0.255 e. The van der Waals surface area contributed by atoms with E-state index in [4.69, 9.17) is 4.74 Å². The van der Waals surface area contributed by atoms with Gasteiger partial charge in [0.25, 0.3) is 5.91 Å². The van der Waals surface area contributed by atoms with Crippen LogP contribution in [-0.4, -0.2) is 60.6 Å². The predicted octanol–water partition coefficient (Wildman–Crippen LogP) is 3.28. The summed E-state index contributed by atoms with van der Waals surface area (Å²) in [5.74, 6) is 1.34. The molecule has 2 aromatic rings. The molecule has 1 amide bonds. The Morgan fingerprint density at radius 1 is 1.07 bits per heavy atom. The molecule has 0 atom stereocenters. The number of anilines is 2. The summed E-state index contributed by atoms with van der Waals surface area (Å²) in [5, 5.41) is 2.97. The van der Waals surface area contributed by atoms with Gasteiger partial charge in [0, 0.05) is 31.7 Å². The van der Waals surface area contributed by atoms with E-state index in [1.807, 2.05) is 26.0 Å². The van der Waals surface area contributed by atoms with Crippen LogP contribution in [0.4, 0.5) is 11.6 Å². The minimum atomic E-state index is -0.174. The van der Waals surface area contributed by atoms with Gasteiger partial charge in [-0.25, -0.2) is 9.97 Å². The number of nitrogens with zero attached hydrogens (tertiary/aromatic N) is 4. The molecule has 7 heteroatoms. The number of aryl methyl sites for hydroxylation is 2. The first-order chi connectivity index (χ1) is 14.0. The first-order valence-electron chi connectivity index (χ1n) is 10.3. The van der Waals surface area contributed by atoms with Gasteiger partial charge in [-0.2, -0.15) is 0 Å². The van der Waals surface area contributed by atoms with E-state index in [1.165, 1.54) is 0 Å². The van der Waals surface area contributed by atoms with E-state index in [-0.39, 0.29) is 5.91 Å². The molecule has 1 saturated heterocycles. The number of benzene rings is 1. The van der Waals surface area contributed by atoms with Crippen molar-refractivity contribution in [1.82, 2.24) is 14.9 Å². The molecule has 29 heavy (non-hydrogen) atoms. The Morgan fingerprint density at radius 3 is 2.28 bits per heavy atom. The van der Waals surface area contributed by atoms with Crippen LogP contribution in [0.3, 0.4) is 0 Å². The third-order valence-corrected chi connectivity index (χ3v) is 5.17. The van der Waals surface area contributed by atoms with E-state index in [2.05, 4.69) is 39.1 Å². The molecule has 7 nitrogen and oxygen atoms in total. The number of hydrogen-bond acceptors (Lipinski definition) is 6. The van der Waals surface area contributed by atoms with Crippen molar-refractivity contribution < 1.29 is 9.53 Å². The van der Waals surface area contributed by atoms with Crippen molar-refractivity contribution in [3.8, 4) is 5.75 Å². The van der Waals surface area contributed by atoms with Crippen molar-refractivity contribution in [2.24, 2.45) is 0 Å². The number of carbonyl (C=O) groups is 1. The zero-order chi connectivity index (χ0) is 20.8. The van der Waals surface area contributed by atoms with Gasteiger partial charge >= 0.3 is 0 Å². The summed E-state index contributed by atoms with van der Waals surface area (Å²) in [6, 6.07) is 7.22. The topological polar surface area (TPSA) is 70.6 Å². The molecule has 3 rings (SSSR count). The van der Waals surface area contributed by atoms with Gasteiger partial charge in [0.05, 0.1) is 23.7 Å². The molecular weight excluding hydrogens is 366 g/mol. The fraction of sp³-hybridized carbons (Fsp3) is 0.500. The number of nitrogens with one attached hydrogen (secondary N) is 1. The molecule has 2 heterocycles. The van der Waals surface area contributed by atoms with Crippen molar-refractivity contribution in [2.75, 3.05) is 50.1 Å². The fourth-order valence-corrected chi connectivity index (χ4v) is 3.25. The van der Waals surface area contributed by atoms with Gasteiger partial charge in [0.1, 0.15) is 5.75 Å². The number of aromatic nitrogens is 2. The quantitative estimate of drug-likeness (QED) is 0.723. The maximum absolute atomic E-state index is 12.7. The van der Waals surface area contributed by atoms with Crippen molar-refractivity contribution in [3.63, 3.8) is 0 Å². The van der Waals surface area contributed by atoms with Gasteiger partial charge in [-0.15, -0.1) is 0 Å². The van der Waals surface area contributed by atoms with Crippen molar-refractivity contribution in [3.05, 3.63) is 41.2 Å². The average molecular weight is 398 g/mol. The summed E-state index contributed by atoms with van der Waals surface area (Å²) in [6.07, 6.45) is 2.11. The van der Waals surface area contributed by atoms with Crippen LogP contribution in [-0.2, 0) is 0 Å². The number of amides is 1. The molecule has 156 valence electrons. The fourth-order valence-electron chi connectivity index (χ4n) is 3.25. The summed E-state index contributed by atoms with van der Waals surface area (Å²) in [7, 11) is 2.12. The van der Waals surface area contributed by atoms with Gasteiger partial charge in [0.15, 0.2) is 0 Å². The largest absolute Gasteiger partial charge is 0.494 e. The monoisotopic (exact) mass is 397 g/mol. The lowest BCUT2D eigenvalue weighted by Crippen LogP contribution is -2.45. The highest BCUT2D eigenvalue weighted by molar-refractivity contribution is 6.04. The van der Waals surface area contributed by atoms with E-state index in [9.17, 15) is 4.79 Å². The minimum absolute atomic E-state index is 0.174. The van der Waals surface area contributed by atoms with Gasteiger partial charge in [-0.3, -0.25) is 4.79 Å². The third kappa shape index (κ3) is 5.44. The molecular formula is C22H31N5O2. The molecule has 1 aliphatic heterocycles. The summed E-state index contributed by atoms with van der Waals surface area (Å²) in [6.45, 7) is 10.5. The summed E-state index contributed by atoms with van der Waals surface area (Å²) in [4.78, 5) is 26.5. The average Bonchev–Trinajstić information content (AvgIpc) is 2.71. The highest BCUT2D eigenvalue weighted by atomic mass is 16.5. The van der Waals surface area contributed by atoms with Gasteiger partial charge in [-0.05, 0) is 51.6 Å². The Bertz CT molecular complexity index is 807. The lowest BCUT2D eigenvalue weighted by Gasteiger charge is -2.32. The number of unbranched alkanes of at least 4 members (excludes halogenated alkanes) is 1. The number of ether oxygens (including phenoxy) is 1. The zero-order valence-electron chi connectivity index (χ0n) is 17.9. The second-order valence-electron chi connectivity index (χ2n) is 7.54. The normalized spacial score (nSPS) is 14.7. The van der Waals surface area contributed by atoms with Crippen molar-refractivity contribution in [1.29, 1.82) is 0 Å². The van der Waals surface area contributed by atoms with Crippen LogP contribution in [0.25, 0.3) is 0 Å². The zero-order valence-corrected chi connectivity index (χ0v) is 17.9. The molecule has 0 radical (unpaired) electrons. The first kappa shape index (κ1) is 21.0. The van der Waals surface area contributed by atoms with Gasteiger partial charge < -0.3 is 19.9 Å². The van der Waals surface area contributed by atoms with E-state index >= 15 is 0 Å². The SMILES string of the molecule is CCCCOc1ccc(C(=O)Nc2c(C)nc(N3CCN(C)CC3)nc2C)cc1. The Morgan fingerprint density at radius 2 is 1.69 bits per heavy atom. The molecule has 0 spiro atoms. The second kappa shape index (κ2) is 9.69. The van der Waals surface area contributed by atoms with Gasteiger partial charge in [-0.1, -0.05) is 13.3 Å². The lowest BCUT2D eigenvalue weighted by molar-refractivity contribution is 0.102. The highest BCUT2D eigenvalue weighted by Crippen LogP contribution is 2.22. The Labute approximate surface area is 173 Å². The predicted molar refractivity (Wildman–Crippen MR) is 116 cm³/mol. The van der Waals surface area contributed by atoms with E-state index in [0.29, 0.717) is 17.9 Å². The Hall–Kier alpha value is -2.67. The Balaban J connectivity index is 1.67. The van der Waals surface area contributed by atoms with E-state index < -0.39 is 0 Å². The number of rotatable bonds is 7. The number of piperazine rings is 1. The first-order valence-corrected chi connectivity index (χ1v) is 10.3. The van der Waals surface area contributed by atoms with Crippen LogP contribution >= 0.6 is 0 Å². The lowest BCUT2D eigenvalue weighted by atomic mass is 10.2. The third-order valence-electron chi connectivity index (χ3n) is 5.17. The van der Waals surface area contributed by atoms with Crippen LogP contribution in [0, 0.1) is 13.8 Å². The van der Waals surface area contributed by atoms with Crippen LogP contribution in [0.1, 0.15) is 41.5 Å². The molecule has 1 N–H and O–H groups in total. The molecule has 0 aliphatic carbocycles. The standard InChI is InChI=1S/C22H31N5O2/c1-5-6-15-29-19-9-7-18(8-10-19)21(28)25-20-16(2)23-22(24-17(20)3)27-13-11-26(4)12-14-27/h7-10H,5-6,11-15H2,1-4H3,(H,25,28). The van der Waals surface area contributed by atoms with Crippen LogP contribution in [0.2, 0.25) is 0 Å². The molecule has 0 bridgehead atoms. The molecule has 1 aliphatic rings. The summed E-state index contributed by atoms with van der Waals surface area (Å²) < 4.78 is 5.66. The number of hydrogen-bond donors (Lipinski definition) is 1. The van der Waals surface area contributed by atoms with E-state index in [1.54, 1.807) is 12.1 Å². The Kier molecular flexibility index (Phi) is 7.04. The van der Waals surface area contributed by atoms with Crippen molar-refractivity contribution >= 4 is 17.5 Å². The molecule has 0 saturated carbocycles. The van der Waals surface area contributed by atoms with Crippen molar-refractivity contribution in [2.45, 2.75) is 33.6 Å². The second-order valence-corrected chi connectivity index (χ2v) is 7.54. The molecule has 1 aromatic carbocycles. The molecule has 1 aromatic heterocycles. The van der Waals surface area contributed by atoms with E-state index in [0.717, 1.165) is 62.1 Å². The summed E-state index contributed by atoms with van der Waals surface area (Å²) >= 11 is 0.